The highest BCUT2D eigenvalue weighted by atomic mass is 16.6. The number of hydrogen-bond acceptors (Lipinski definition) is 3. The Bertz CT molecular complexity index is 689. The lowest BCUT2D eigenvalue weighted by atomic mass is 9.48. The Kier molecular flexibility index (Phi) is 6.93. The van der Waals surface area contributed by atoms with Gasteiger partial charge in [-0.1, -0.05) is 0 Å². The van der Waals surface area contributed by atoms with Crippen LogP contribution in [0.5, 0.6) is 0 Å². The summed E-state index contributed by atoms with van der Waals surface area (Å²) in [5.41, 5.74) is 1.43. The zero-order valence-electron chi connectivity index (χ0n) is 19.7. The van der Waals surface area contributed by atoms with Crippen molar-refractivity contribution in [2.45, 2.75) is 90.6 Å². The van der Waals surface area contributed by atoms with Crippen molar-refractivity contribution >= 4 is 6.09 Å². The van der Waals surface area contributed by atoms with Gasteiger partial charge in [0.2, 0.25) is 0 Å². The van der Waals surface area contributed by atoms with E-state index < -0.39 is 5.60 Å². The van der Waals surface area contributed by atoms with E-state index in [-0.39, 0.29) is 6.09 Å². The number of nitrogens with zero attached hydrogens (tertiary/aromatic N) is 1. The van der Waals surface area contributed by atoms with E-state index in [1.807, 2.05) is 33.2 Å². The molecule has 0 spiro atoms. The van der Waals surface area contributed by atoms with Gasteiger partial charge in [-0.05, 0) is 138 Å². The first-order valence-corrected chi connectivity index (χ1v) is 12.5. The minimum absolute atomic E-state index is 0.301. The lowest BCUT2D eigenvalue weighted by molar-refractivity contribution is -0.0601. The standard InChI is InChI=1S/C27H41N2O2/c1-26(2,3)31-25(30)29-13-9-20(4-5-21-7-11-28-12-8-21)6-10-27-17-22-14-23(18-27)16-24(15-22)19-27/h5,7-8,11-12,20,22-24H,4,6,9-10,13-19H2,1-3H3,(H,29,30). The van der Waals surface area contributed by atoms with Crippen LogP contribution in [-0.2, 0) is 4.74 Å². The van der Waals surface area contributed by atoms with Gasteiger partial charge in [0, 0.05) is 18.9 Å². The van der Waals surface area contributed by atoms with E-state index in [0.29, 0.717) is 17.9 Å². The van der Waals surface area contributed by atoms with Gasteiger partial charge in [0.15, 0.2) is 0 Å². The molecule has 0 aromatic carbocycles. The SMILES string of the molecule is CC(C)(C)OC(=O)NCCC(C[CH]c1ccncc1)CCC12CC3CC(CC(C3)C1)C2. The number of hydrogen-bond donors (Lipinski definition) is 1. The largest absolute Gasteiger partial charge is 0.444 e. The third-order valence-electron chi connectivity index (χ3n) is 7.86. The van der Waals surface area contributed by atoms with Crippen molar-refractivity contribution in [2.24, 2.45) is 29.1 Å². The summed E-state index contributed by atoms with van der Waals surface area (Å²) in [6.07, 6.45) is 19.5. The molecule has 171 valence electrons. The van der Waals surface area contributed by atoms with Crippen molar-refractivity contribution in [3.63, 3.8) is 0 Å². The monoisotopic (exact) mass is 425 g/mol. The summed E-state index contributed by atoms with van der Waals surface area (Å²) in [6.45, 7) is 6.41. The van der Waals surface area contributed by atoms with Gasteiger partial charge < -0.3 is 10.1 Å². The number of amides is 1. The molecule has 4 saturated carbocycles. The van der Waals surface area contributed by atoms with Gasteiger partial charge in [0.25, 0.3) is 0 Å². The summed E-state index contributed by atoms with van der Waals surface area (Å²) in [7, 11) is 0. The second kappa shape index (κ2) is 9.50. The van der Waals surface area contributed by atoms with E-state index >= 15 is 0 Å². The Hall–Kier alpha value is -1.58. The molecule has 4 aliphatic rings. The van der Waals surface area contributed by atoms with Gasteiger partial charge in [-0.3, -0.25) is 4.98 Å². The molecule has 1 atom stereocenters. The van der Waals surface area contributed by atoms with Gasteiger partial charge in [0.1, 0.15) is 5.60 Å². The van der Waals surface area contributed by atoms with E-state index in [1.165, 1.54) is 56.9 Å². The Morgan fingerprint density at radius 3 is 2.32 bits per heavy atom. The predicted octanol–water partition coefficient (Wildman–Crippen LogP) is 6.55. The summed E-state index contributed by atoms with van der Waals surface area (Å²) in [5, 5.41) is 2.98. The number of ether oxygens (including phenoxy) is 1. The molecule has 1 N–H and O–H groups in total. The molecule has 31 heavy (non-hydrogen) atoms. The molecule has 4 bridgehead atoms. The number of pyridine rings is 1. The normalized spacial score (nSPS) is 30.2. The summed E-state index contributed by atoms with van der Waals surface area (Å²) in [5.74, 6) is 3.64. The summed E-state index contributed by atoms with van der Waals surface area (Å²) in [4.78, 5) is 16.2. The molecule has 1 radical (unpaired) electrons. The van der Waals surface area contributed by atoms with E-state index in [2.05, 4.69) is 28.9 Å². The first-order chi connectivity index (χ1) is 14.8. The first kappa shape index (κ1) is 22.6. The summed E-state index contributed by atoms with van der Waals surface area (Å²) in [6, 6.07) is 4.16. The maximum atomic E-state index is 12.1. The predicted molar refractivity (Wildman–Crippen MR) is 124 cm³/mol. The number of rotatable bonds is 9. The molecule has 0 aliphatic heterocycles. The van der Waals surface area contributed by atoms with Gasteiger partial charge in [-0.2, -0.15) is 0 Å². The third-order valence-corrected chi connectivity index (χ3v) is 7.86. The number of aromatic nitrogens is 1. The van der Waals surface area contributed by atoms with Crippen LogP contribution in [0.4, 0.5) is 4.79 Å². The number of alkyl carbamates (subject to hydrolysis) is 1. The fourth-order valence-corrected chi connectivity index (χ4v) is 6.98. The van der Waals surface area contributed by atoms with Crippen LogP contribution in [0.15, 0.2) is 24.5 Å². The molecule has 4 fully saturated rings. The maximum Gasteiger partial charge on any atom is 0.407 e. The Labute approximate surface area is 188 Å². The van der Waals surface area contributed by atoms with E-state index in [0.717, 1.165) is 30.6 Å². The Morgan fingerprint density at radius 1 is 1.13 bits per heavy atom. The molecular weight excluding hydrogens is 384 g/mol. The smallest absolute Gasteiger partial charge is 0.407 e. The zero-order valence-corrected chi connectivity index (χ0v) is 19.7. The van der Waals surface area contributed by atoms with Crippen molar-refractivity contribution in [3.8, 4) is 0 Å². The lowest BCUT2D eigenvalue weighted by Gasteiger charge is -2.57. The minimum atomic E-state index is -0.447. The van der Waals surface area contributed by atoms with Crippen LogP contribution in [-0.4, -0.2) is 23.2 Å². The molecule has 1 unspecified atom stereocenters. The number of carbonyl (C=O) groups excluding carboxylic acids is 1. The average Bonchev–Trinajstić information content (AvgIpc) is 2.68. The van der Waals surface area contributed by atoms with Crippen molar-refractivity contribution in [1.82, 2.24) is 10.3 Å². The van der Waals surface area contributed by atoms with Gasteiger partial charge >= 0.3 is 6.09 Å². The van der Waals surface area contributed by atoms with Crippen LogP contribution >= 0.6 is 0 Å². The van der Waals surface area contributed by atoms with Crippen molar-refractivity contribution < 1.29 is 9.53 Å². The molecule has 4 heteroatoms. The van der Waals surface area contributed by atoms with E-state index in [4.69, 9.17) is 4.74 Å². The Morgan fingerprint density at radius 2 is 1.74 bits per heavy atom. The molecule has 1 aromatic rings. The van der Waals surface area contributed by atoms with Crippen molar-refractivity contribution in [1.29, 1.82) is 0 Å². The van der Waals surface area contributed by atoms with Gasteiger partial charge in [-0.25, -0.2) is 4.79 Å². The lowest BCUT2D eigenvalue weighted by Crippen LogP contribution is -2.46. The minimum Gasteiger partial charge on any atom is -0.444 e. The molecule has 0 saturated heterocycles. The first-order valence-electron chi connectivity index (χ1n) is 12.5. The highest BCUT2D eigenvalue weighted by Gasteiger charge is 2.50. The third kappa shape index (κ3) is 6.46. The van der Waals surface area contributed by atoms with E-state index in [1.54, 1.807) is 0 Å². The highest BCUT2D eigenvalue weighted by molar-refractivity contribution is 5.67. The van der Waals surface area contributed by atoms with E-state index in [9.17, 15) is 4.79 Å². The molecule has 1 amide bonds. The number of carbonyl (C=O) groups is 1. The topological polar surface area (TPSA) is 51.2 Å². The molecule has 5 rings (SSSR count). The maximum absolute atomic E-state index is 12.1. The second-order valence-electron chi connectivity index (χ2n) is 11.8. The Balaban J connectivity index is 1.30. The molecule has 4 nitrogen and oxygen atoms in total. The van der Waals surface area contributed by atoms with Crippen molar-refractivity contribution in [2.75, 3.05) is 6.54 Å². The van der Waals surface area contributed by atoms with Crippen LogP contribution in [0.2, 0.25) is 0 Å². The molecule has 4 aliphatic carbocycles. The fourth-order valence-electron chi connectivity index (χ4n) is 6.98. The van der Waals surface area contributed by atoms with Gasteiger partial charge in [0.05, 0.1) is 0 Å². The highest BCUT2D eigenvalue weighted by Crippen LogP contribution is 2.61. The quantitative estimate of drug-likeness (QED) is 0.488. The van der Waals surface area contributed by atoms with Crippen LogP contribution in [0.25, 0.3) is 0 Å². The fraction of sp³-hybridized carbons (Fsp3) is 0.741. The zero-order chi connectivity index (χ0) is 21.9. The average molecular weight is 426 g/mol. The van der Waals surface area contributed by atoms with Crippen LogP contribution in [0, 0.1) is 35.5 Å². The number of nitrogens with one attached hydrogen (secondary N) is 1. The van der Waals surface area contributed by atoms with Crippen LogP contribution in [0.1, 0.15) is 90.5 Å². The van der Waals surface area contributed by atoms with Crippen LogP contribution < -0.4 is 5.32 Å². The summed E-state index contributed by atoms with van der Waals surface area (Å²) < 4.78 is 5.41. The molecule has 1 heterocycles. The van der Waals surface area contributed by atoms with Crippen LogP contribution in [0.3, 0.4) is 0 Å². The molecular formula is C27H41N2O2. The van der Waals surface area contributed by atoms with Crippen molar-refractivity contribution in [3.05, 3.63) is 36.5 Å². The molecule has 1 aromatic heterocycles. The second-order valence-corrected chi connectivity index (χ2v) is 11.8. The summed E-state index contributed by atoms with van der Waals surface area (Å²) >= 11 is 0. The van der Waals surface area contributed by atoms with Gasteiger partial charge in [-0.15, -0.1) is 0 Å².